The minimum atomic E-state index is -0.506. The lowest BCUT2D eigenvalue weighted by atomic mass is 10.1. The molecule has 2 amide bonds. The third-order valence-corrected chi connectivity index (χ3v) is 4.80. The van der Waals surface area contributed by atoms with Crippen LogP contribution in [0.4, 0.5) is 0 Å². The van der Waals surface area contributed by atoms with Crippen LogP contribution in [0.3, 0.4) is 0 Å². The number of carbonyl (C=O) groups excluding carboxylic acids is 2. The number of benzene rings is 2. The van der Waals surface area contributed by atoms with E-state index in [1.54, 1.807) is 17.0 Å². The first-order valence-corrected chi connectivity index (χ1v) is 10.4. The fourth-order valence-corrected chi connectivity index (χ4v) is 3.20. The van der Waals surface area contributed by atoms with E-state index in [2.05, 4.69) is 5.32 Å². The van der Waals surface area contributed by atoms with Crippen molar-refractivity contribution in [2.45, 2.75) is 45.7 Å². The summed E-state index contributed by atoms with van der Waals surface area (Å²) in [6.07, 6.45) is 1.44. The number of nitrogens with one attached hydrogen (secondary N) is 1. The van der Waals surface area contributed by atoms with Crippen LogP contribution in [0.1, 0.15) is 38.7 Å². The maximum atomic E-state index is 13.0. The molecule has 0 aliphatic heterocycles. The molecule has 156 valence electrons. The molecule has 0 aliphatic carbocycles. The highest BCUT2D eigenvalue weighted by atomic mass is 35.5. The summed E-state index contributed by atoms with van der Waals surface area (Å²) in [7, 11) is 0. The summed E-state index contributed by atoms with van der Waals surface area (Å²) < 4.78 is 5.68. The van der Waals surface area contributed by atoms with Crippen molar-refractivity contribution >= 4 is 23.4 Å². The third-order valence-electron chi connectivity index (χ3n) is 4.55. The molecule has 2 aromatic rings. The molecule has 0 saturated heterocycles. The van der Waals surface area contributed by atoms with Gasteiger partial charge >= 0.3 is 0 Å². The number of carbonyl (C=O) groups is 2. The first kappa shape index (κ1) is 22.8. The van der Waals surface area contributed by atoms with Gasteiger partial charge in [0.25, 0.3) is 0 Å². The standard InChI is InChI=1S/C23H29ClN2O3/c1-3-21(23(28)25-4-2)26(17-18-12-14-19(24)15-13-18)22(27)11-8-16-29-20-9-6-5-7-10-20/h5-7,9-10,12-15,21H,3-4,8,11,16-17H2,1-2H3,(H,25,28)/t21-/m1/s1. The number of halogens is 1. The average Bonchev–Trinajstić information content (AvgIpc) is 2.73. The molecule has 0 fully saturated rings. The van der Waals surface area contributed by atoms with E-state index in [1.807, 2.05) is 56.3 Å². The SMILES string of the molecule is CCNC(=O)[C@@H](CC)N(Cc1ccc(Cl)cc1)C(=O)CCCOc1ccccc1. The van der Waals surface area contributed by atoms with Crippen molar-refractivity contribution < 1.29 is 14.3 Å². The molecule has 0 radical (unpaired) electrons. The fourth-order valence-electron chi connectivity index (χ4n) is 3.07. The van der Waals surface area contributed by atoms with Crippen LogP contribution in [0.5, 0.6) is 5.75 Å². The monoisotopic (exact) mass is 416 g/mol. The van der Waals surface area contributed by atoms with Gasteiger partial charge in [-0.2, -0.15) is 0 Å². The van der Waals surface area contributed by atoms with Crippen LogP contribution in [0.2, 0.25) is 5.02 Å². The van der Waals surface area contributed by atoms with Crippen LogP contribution in [-0.4, -0.2) is 35.9 Å². The Morgan fingerprint density at radius 2 is 1.76 bits per heavy atom. The lowest BCUT2D eigenvalue weighted by Gasteiger charge is -2.30. The summed E-state index contributed by atoms with van der Waals surface area (Å²) in [5.74, 6) is 0.597. The molecule has 0 aliphatic rings. The van der Waals surface area contributed by atoms with Crippen molar-refractivity contribution in [1.29, 1.82) is 0 Å². The quantitative estimate of drug-likeness (QED) is 0.551. The Labute approximate surface area is 178 Å². The summed E-state index contributed by atoms with van der Waals surface area (Å²) in [6, 6.07) is 16.4. The summed E-state index contributed by atoms with van der Waals surface area (Å²) in [5.41, 5.74) is 0.936. The van der Waals surface area contributed by atoms with E-state index < -0.39 is 6.04 Å². The van der Waals surface area contributed by atoms with Crippen molar-refractivity contribution in [3.8, 4) is 5.75 Å². The van der Waals surface area contributed by atoms with Crippen molar-refractivity contribution in [2.24, 2.45) is 0 Å². The van der Waals surface area contributed by atoms with E-state index in [4.69, 9.17) is 16.3 Å². The second-order valence-corrected chi connectivity index (χ2v) is 7.17. The highest BCUT2D eigenvalue weighted by Gasteiger charge is 2.27. The summed E-state index contributed by atoms with van der Waals surface area (Å²) in [5, 5.41) is 3.48. The van der Waals surface area contributed by atoms with Crippen molar-refractivity contribution in [3.05, 3.63) is 65.2 Å². The van der Waals surface area contributed by atoms with Gasteiger partial charge in [0.2, 0.25) is 11.8 Å². The Morgan fingerprint density at radius 3 is 2.38 bits per heavy atom. The molecule has 29 heavy (non-hydrogen) atoms. The number of para-hydroxylation sites is 1. The molecule has 2 aromatic carbocycles. The highest BCUT2D eigenvalue weighted by molar-refractivity contribution is 6.30. The maximum Gasteiger partial charge on any atom is 0.242 e. The Hall–Kier alpha value is -2.53. The van der Waals surface area contributed by atoms with Crippen LogP contribution >= 0.6 is 11.6 Å². The highest BCUT2D eigenvalue weighted by Crippen LogP contribution is 2.17. The zero-order valence-electron chi connectivity index (χ0n) is 17.1. The Morgan fingerprint density at radius 1 is 1.07 bits per heavy atom. The maximum absolute atomic E-state index is 13.0. The number of amides is 2. The van der Waals surface area contributed by atoms with Crippen molar-refractivity contribution in [2.75, 3.05) is 13.2 Å². The molecule has 1 atom stereocenters. The minimum absolute atomic E-state index is 0.0604. The lowest BCUT2D eigenvalue weighted by molar-refractivity contribution is -0.141. The first-order chi connectivity index (χ1) is 14.0. The largest absolute Gasteiger partial charge is 0.494 e. The Balaban J connectivity index is 2.02. The predicted molar refractivity (Wildman–Crippen MR) is 116 cm³/mol. The second-order valence-electron chi connectivity index (χ2n) is 6.73. The second kappa shape index (κ2) is 12.1. The van der Waals surface area contributed by atoms with E-state index in [9.17, 15) is 9.59 Å². The van der Waals surface area contributed by atoms with Gasteiger partial charge in [-0.05, 0) is 49.6 Å². The van der Waals surface area contributed by atoms with Crippen LogP contribution in [0.15, 0.2) is 54.6 Å². The Bertz CT molecular complexity index is 765. The van der Waals surface area contributed by atoms with Gasteiger partial charge in [-0.15, -0.1) is 0 Å². The van der Waals surface area contributed by atoms with E-state index in [-0.39, 0.29) is 11.8 Å². The van der Waals surface area contributed by atoms with Gasteiger partial charge in [0.05, 0.1) is 6.61 Å². The summed E-state index contributed by atoms with van der Waals surface area (Å²) in [4.78, 5) is 27.2. The van der Waals surface area contributed by atoms with Gasteiger partial charge in [-0.25, -0.2) is 0 Å². The van der Waals surface area contributed by atoms with Gasteiger partial charge < -0.3 is 15.0 Å². The fraction of sp³-hybridized carbons (Fsp3) is 0.391. The molecule has 0 aromatic heterocycles. The molecular weight excluding hydrogens is 388 g/mol. The van der Waals surface area contributed by atoms with Crippen LogP contribution in [-0.2, 0) is 16.1 Å². The predicted octanol–water partition coefficient (Wildman–Crippen LogP) is 4.44. The number of rotatable bonds is 11. The number of nitrogens with zero attached hydrogens (tertiary/aromatic N) is 1. The molecular formula is C23H29ClN2O3. The van der Waals surface area contributed by atoms with Crippen LogP contribution in [0, 0.1) is 0 Å². The van der Waals surface area contributed by atoms with Gasteiger partial charge in [0, 0.05) is 24.5 Å². The first-order valence-electron chi connectivity index (χ1n) is 10.0. The van der Waals surface area contributed by atoms with Gasteiger partial charge in [-0.3, -0.25) is 9.59 Å². The van der Waals surface area contributed by atoms with Gasteiger partial charge in [-0.1, -0.05) is 48.9 Å². The molecule has 0 bridgehead atoms. The molecule has 6 heteroatoms. The zero-order chi connectivity index (χ0) is 21.1. The molecule has 5 nitrogen and oxygen atoms in total. The molecule has 1 N–H and O–H groups in total. The van der Waals surface area contributed by atoms with Crippen molar-refractivity contribution in [3.63, 3.8) is 0 Å². The minimum Gasteiger partial charge on any atom is -0.494 e. The topological polar surface area (TPSA) is 58.6 Å². The van der Waals surface area contributed by atoms with Gasteiger partial charge in [0.1, 0.15) is 11.8 Å². The summed E-state index contributed by atoms with van der Waals surface area (Å²) >= 11 is 5.97. The number of ether oxygens (including phenoxy) is 1. The van der Waals surface area contributed by atoms with Crippen molar-refractivity contribution in [1.82, 2.24) is 10.2 Å². The summed E-state index contributed by atoms with van der Waals surface area (Å²) in [6.45, 7) is 5.13. The number of likely N-dealkylation sites (N-methyl/N-ethyl adjacent to an activating group) is 1. The van der Waals surface area contributed by atoms with Gasteiger partial charge in [0.15, 0.2) is 0 Å². The van der Waals surface area contributed by atoms with E-state index >= 15 is 0 Å². The molecule has 0 saturated carbocycles. The van der Waals surface area contributed by atoms with E-state index in [0.29, 0.717) is 44.0 Å². The normalized spacial score (nSPS) is 11.6. The number of hydrogen-bond donors (Lipinski definition) is 1. The molecule has 0 unspecified atom stereocenters. The van der Waals surface area contributed by atoms with Crippen LogP contribution in [0.25, 0.3) is 0 Å². The lowest BCUT2D eigenvalue weighted by Crippen LogP contribution is -2.49. The van der Waals surface area contributed by atoms with E-state index in [1.165, 1.54) is 0 Å². The molecule has 0 heterocycles. The molecule has 2 rings (SSSR count). The molecule has 0 spiro atoms. The van der Waals surface area contributed by atoms with E-state index in [0.717, 1.165) is 11.3 Å². The average molecular weight is 417 g/mol. The van der Waals surface area contributed by atoms with Crippen LogP contribution < -0.4 is 10.1 Å². The smallest absolute Gasteiger partial charge is 0.242 e. The number of hydrogen-bond acceptors (Lipinski definition) is 3. The zero-order valence-corrected chi connectivity index (χ0v) is 17.8. The Kier molecular flexibility index (Phi) is 9.51. The third kappa shape index (κ3) is 7.42.